The van der Waals surface area contributed by atoms with Gasteiger partial charge in [-0.3, -0.25) is 9.13 Å². The number of hydrogen-bond donors (Lipinski definition) is 5. The summed E-state index contributed by atoms with van der Waals surface area (Å²) in [6, 6.07) is 2.95. The number of aliphatic hydroxyl groups is 1. The third-order valence-corrected chi connectivity index (χ3v) is 6.11. The normalized spacial score (nSPS) is 13.4. The molecular weight excluding hydrogens is 300 g/mol. The second-order valence-corrected chi connectivity index (χ2v) is 7.79. The van der Waals surface area contributed by atoms with E-state index < -0.39 is 26.8 Å². The molecule has 0 aromatic carbocycles. The highest BCUT2D eigenvalue weighted by molar-refractivity contribution is 7.72. The molecule has 1 rings (SSSR count). The van der Waals surface area contributed by atoms with Crippen LogP contribution in [0.25, 0.3) is 0 Å². The van der Waals surface area contributed by atoms with E-state index in [4.69, 9.17) is 24.3 Å². The Labute approximate surface area is 108 Å². The average molecular weight is 314 g/mol. The summed E-state index contributed by atoms with van der Waals surface area (Å²) in [5.74, 6) is 0.293. The largest absolute Gasteiger partial charge is 0.491 e. The van der Waals surface area contributed by atoms with Crippen LogP contribution in [-0.4, -0.2) is 36.9 Å². The second kappa shape index (κ2) is 5.30. The van der Waals surface area contributed by atoms with Crippen LogP contribution in [0, 0.1) is 0 Å². The quantitative estimate of drug-likeness (QED) is 0.343. The molecule has 1 aromatic rings. The molecule has 5 N–H and O–H groups in total. The highest BCUT2D eigenvalue weighted by Gasteiger charge is 2.62. The monoisotopic (exact) mass is 314 g/mol. The fourth-order valence-corrected chi connectivity index (χ4v) is 3.37. The van der Waals surface area contributed by atoms with E-state index in [-0.39, 0.29) is 0 Å². The van der Waals surface area contributed by atoms with Gasteiger partial charge in [-0.05, 0) is 6.07 Å². The Balaban J connectivity index is 3.23. The van der Waals surface area contributed by atoms with Crippen LogP contribution in [0.4, 0.5) is 0 Å². The Morgan fingerprint density at radius 2 is 1.79 bits per heavy atom. The second-order valence-electron chi connectivity index (χ2n) is 3.78. The third kappa shape index (κ3) is 3.40. The molecule has 1 aromatic heterocycles. The lowest BCUT2D eigenvalue weighted by molar-refractivity contribution is -0.703. The van der Waals surface area contributed by atoms with Crippen molar-refractivity contribution in [2.45, 2.75) is 11.6 Å². The minimum Gasteiger partial charge on any atom is -0.491 e. The molecule has 0 saturated carbocycles. The molecule has 0 aliphatic heterocycles. The number of hydrogen-bond acceptors (Lipinski definition) is 4. The van der Waals surface area contributed by atoms with Crippen LogP contribution in [0.5, 0.6) is 5.75 Å². The summed E-state index contributed by atoms with van der Waals surface area (Å²) >= 11 is 0. The molecule has 0 saturated heterocycles. The van der Waals surface area contributed by atoms with Crippen molar-refractivity contribution in [1.29, 1.82) is 0 Å². The minimum atomic E-state index is -5.47. The predicted molar refractivity (Wildman–Crippen MR) is 62.2 cm³/mol. The maximum absolute atomic E-state index is 11.2. The third-order valence-electron chi connectivity index (χ3n) is 2.39. The smallest absolute Gasteiger partial charge is 0.376 e. The van der Waals surface area contributed by atoms with Crippen molar-refractivity contribution in [3.63, 3.8) is 0 Å². The zero-order valence-electron chi connectivity index (χ0n) is 9.82. The van der Waals surface area contributed by atoms with Crippen LogP contribution in [0.15, 0.2) is 24.5 Å². The van der Waals surface area contributed by atoms with Crippen molar-refractivity contribution in [2.24, 2.45) is 0 Å². The van der Waals surface area contributed by atoms with Gasteiger partial charge < -0.3 is 29.4 Å². The topological polar surface area (TPSA) is 148 Å². The molecule has 19 heavy (non-hydrogen) atoms. The van der Waals surface area contributed by atoms with Crippen molar-refractivity contribution in [1.82, 2.24) is 0 Å². The van der Waals surface area contributed by atoms with E-state index >= 15 is 0 Å². The number of aromatic nitrogens is 1. The maximum Gasteiger partial charge on any atom is 0.376 e. The molecule has 0 fully saturated rings. The van der Waals surface area contributed by atoms with Gasteiger partial charge in [-0.25, -0.2) is 0 Å². The Morgan fingerprint density at radius 3 is 2.21 bits per heavy atom. The van der Waals surface area contributed by atoms with Gasteiger partial charge in [0.05, 0.1) is 7.11 Å². The van der Waals surface area contributed by atoms with E-state index in [1.54, 1.807) is 0 Å². The molecular formula is C8H14NO8P2+. The molecule has 1 heterocycles. The molecule has 108 valence electrons. The first-order chi connectivity index (χ1) is 8.51. The Bertz CT molecular complexity index is 527. The number of pyridine rings is 1. The zero-order valence-corrected chi connectivity index (χ0v) is 11.6. The van der Waals surface area contributed by atoms with Gasteiger partial charge in [0.2, 0.25) is 12.7 Å². The molecule has 0 spiro atoms. The van der Waals surface area contributed by atoms with E-state index in [1.165, 1.54) is 31.6 Å². The van der Waals surface area contributed by atoms with Crippen molar-refractivity contribution in [2.75, 3.05) is 7.11 Å². The van der Waals surface area contributed by atoms with Crippen molar-refractivity contribution >= 4 is 15.2 Å². The Morgan fingerprint density at radius 1 is 1.26 bits per heavy atom. The highest BCUT2D eigenvalue weighted by Crippen LogP contribution is 2.67. The van der Waals surface area contributed by atoms with Crippen molar-refractivity contribution < 1.29 is 43.1 Å². The van der Waals surface area contributed by atoms with Gasteiger partial charge in [0.1, 0.15) is 0 Å². The molecule has 11 heteroatoms. The summed E-state index contributed by atoms with van der Waals surface area (Å²) in [5, 5.41) is 6.22. The van der Waals surface area contributed by atoms with Gasteiger partial charge in [-0.2, -0.15) is 4.57 Å². The van der Waals surface area contributed by atoms with Crippen LogP contribution in [0.3, 0.4) is 0 Å². The molecule has 9 nitrogen and oxygen atoms in total. The van der Waals surface area contributed by atoms with Crippen LogP contribution in [-0.2, 0) is 15.7 Å². The lowest BCUT2D eigenvalue weighted by Gasteiger charge is -2.26. The molecule has 0 aliphatic rings. The summed E-state index contributed by atoms with van der Waals surface area (Å²) in [4.78, 5) is 35.9. The van der Waals surface area contributed by atoms with Gasteiger partial charge in [-0.15, -0.1) is 0 Å². The summed E-state index contributed by atoms with van der Waals surface area (Å²) in [5.41, 5.74) is 0. The van der Waals surface area contributed by atoms with Crippen molar-refractivity contribution in [3.8, 4) is 5.75 Å². The maximum atomic E-state index is 11.2. The van der Waals surface area contributed by atoms with Gasteiger partial charge in [0.15, 0.2) is 11.9 Å². The van der Waals surface area contributed by atoms with Crippen molar-refractivity contribution in [3.05, 3.63) is 24.5 Å². The number of nitrogens with zero attached hydrogens (tertiary/aromatic N) is 1. The van der Waals surface area contributed by atoms with E-state index in [0.717, 1.165) is 4.57 Å². The fourth-order valence-electron chi connectivity index (χ4n) is 1.32. The van der Waals surface area contributed by atoms with Crippen LogP contribution in [0.2, 0.25) is 0 Å². The number of methoxy groups -OCH3 is 1. The van der Waals surface area contributed by atoms with Crippen LogP contribution >= 0.6 is 15.2 Å². The van der Waals surface area contributed by atoms with Gasteiger partial charge in [0, 0.05) is 6.07 Å². The lowest BCUT2D eigenvalue weighted by atomic mass is 10.4. The molecule has 0 aliphatic carbocycles. The zero-order chi connectivity index (χ0) is 14.9. The standard InChI is InChI=1S/C8H13NO8P2/c1-17-7-3-2-4-9(5-7)6-8(10,18(11,12)13)19(14,15)16/h2-5,10H,6H2,1H3,(H3-,11,12,13,14,15,16)/p+1. The predicted octanol–water partition coefficient (Wildman–Crippen LogP) is -1.02. The Hall–Kier alpha value is -0.790. The first-order valence-electron chi connectivity index (χ1n) is 4.88. The summed E-state index contributed by atoms with van der Waals surface area (Å²) < 4.78 is 28.2. The SMILES string of the molecule is COc1ccc[n+](CC(O)(P(=O)(O)O)P(=O)(O)O)c1. The molecule has 0 atom stereocenters. The average Bonchev–Trinajstić information content (AvgIpc) is 2.26. The van der Waals surface area contributed by atoms with E-state index in [9.17, 15) is 14.2 Å². The number of ether oxygens (including phenoxy) is 1. The van der Waals surface area contributed by atoms with Gasteiger partial charge in [-0.1, -0.05) is 0 Å². The summed E-state index contributed by atoms with van der Waals surface area (Å²) in [6.45, 7) is -0.987. The summed E-state index contributed by atoms with van der Waals surface area (Å²) in [7, 11) is -9.59. The highest BCUT2D eigenvalue weighted by atomic mass is 31.2. The minimum absolute atomic E-state index is 0.293. The first kappa shape index (κ1) is 16.3. The molecule has 0 bridgehead atoms. The van der Waals surface area contributed by atoms with E-state index in [0.29, 0.717) is 5.75 Å². The molecule has 0 amide bonds. The molecule has 0 radical (unpaired) electrons. The molecule has 0 unspecified atom stereocenters. The van der Waals surface area contributed by atoms with Crippen LogP contribution < -0.4 is 9.30 Å². The number of rotatable bonds is 5. The fraction of sp³-hybridized carbons (Fsp3) is 0.375. The van der Waals surface area contributed by atoms with Gasteiger partial charge in [0.25, 0.3) is 0 Å². The van der Waals surface area contributed by atoms with E-state index in [1.807, 2.05) is 0 Å². The van der Waals surface area contributed by atoms with Gasteiger partial charge >= 0.3 is 20.3 Å². The Kier molecular flexibility index (Phi) is 4.54. The van der Waals surface area contributed by atoms with Crippen LogP contribution in [0.1, 0.15) is 0 Å². The lowest BCUT2D eigenvalue weighted by Crippen LogP contribution is -2.47. The first-order valence-corrected chi connectivity index (χ1v) is 8.10. The van der Waals surface area contributed by atoms with E-state index in [2.05, 4.69) is 0 Å². The summed E-state index contributed by atoms with van der Waals surface area (Å²) in [6.07, 6.45) is 2.51.